The second-order valence-electron chi connectivity index (χ2n) is 7.65. The molecule has 4 heterocycles. The van der Waals surface area contributed by atoms with Gasteiger partial charge in [-0.05, 0) is 54.8 Å². The molecule has 0 unspecified atom stereocenters. The Balaban J connectivity index is 1.60. The lowest BCUT2D eigenvalue weighted by atomic mass is 9.97. The fourth-order valence-electron chi connectivity index (χ4n) is 4.32. The highest BCUT2D eigenvalue weighted by Crippen LogP contribution is 2.41. The second kappa shape index (κ2) is 7.67. The zero-order valence-electron chi connectivity index (χ0n) is 16.9. The Morgan fingerprint density at radius 3 is 2.58 bits per heavy atom. The van der Waals surface area contributed by atoms with E-state index >= 15 is 0 Å². The number of fused-ring (bicyclic) bond motifs is 2. The number of para-hydroxylation sites is 1. The SMILES string of the molecule is c1ccc(Sc2cc(-c3c(-c4ccccn4)nn4c3CCC4)c3ccccc3n2)cc1. The van der Waals surface area contributed by atoms with Gasteiger partial charge in [0.05, 0.1) is 11.2 Å². The molecular weight excluding hydrogens is 400 g/mol. The highest BCUT2D eigenvalue weighted by Gasteiger charge is 2.26. The highest BCUT2D eigenvalue weighted by atomic mass is 32.2. The van der Waals surface area contributed by atoms with E-state index in [1.54, 1.807) is 11.8 Å². The van der Waals surface area contributed by atoms with E-state index in [1.807, 2.05) is 30.5 Å². The number of hydrogen-bond donors (Lipinski definition) is 0. The first-order valence-electron chi connectivity index (χ1n) is 10.5. The molecule has 0 bridgehead atoms. The third-order valence-electron chi connectivity index (χ3n) is 5.68. The number of benzene rings is 2. The third-order valence-corrected chi connectivity index (χ3v) is 6.60. The van der Waals surface area contributed by atoms with Gasteiger partial charge in [-0.1, -0.05) is 54.2 Å². The van der Waals surface area contributed by atoms with Gasteiger partial charge in [0.1, 0.15) is 10.7 Å². The summed E-state index contributed by atoms with van der Waals surface area (Å²) in [5.74, 6) is 0. The van der Waals surface area contributed by atoms with E-state index in [-0.39, 0.29) is 0 Å². The number of nitrogens with zero attached hydrogens (tertiary/aromatic N) is 4. The van der Waals surface area contributed by atoms with E-state index in [2.05, 4.69) is 64.3 Å². The number of aromatic nitrogens is 4. The van der Waals surface area contributed by atoms with Gasteiger partial charge in [0, 0.05) is 34.3 Å². The zero-order chi connectivity index (χ0) is 20.6. The van der Waals surface area contributed by atoms with Crippen LogP contribution in [0.25, 0.3) is 33.4 Å². The molecule has 3 aromatic heterocycles. The average molecular weight is 421 g/mol. The van der Waals surface area contributed by atoms with Gasteiger partial charge in [0.2, 0.25) is 0 Å². The van der Waals surface area contributed by atoms with E-state index in [1.165, 1.54) is 21.7 Å². The number of rotatable bonds is 4. The zero-order valence-corrected chi connectivity index (χ0v) is 17.7. The van der Waals surface area contributed by atoms with E-state index in [4.69, 9.17) is 10.1 Å². The molecule has 0 saturated heterocycles. The Bertz CT molecular complexity index is 1380. The van der Waals surface area contributed by atoms with Gasteiger partial charge in [0.25, 0.3) is 0 Å². The molecule has 1 aliphatic rings. The largest absolute Gasteiger partial charge is 0.268 e. The van der Waals surface area contributed by atoms with Gasteiger partial charge in [-0.15, -0.1) is 0 Å². The van der Waals surface area contributed by atoms with Crippen molar-refractivity contribution in [2.24, 2.45) is 0 Å². The van der Waals surface area contributed by atoms with Crippen LogP contribution in [0.1, 0.15) is 12.1 Å². The molecule has 0 spiro atoms. The quantitative estimate of drug-likeness (QED) is 0.344. The first-order valence-corrected chi connectivity index (χ1v) is 11.3. The summed E-state index contributed by atoms with van der Waals surface area (Å²) >= 11 is 1.69. The lowest BCUT2D eigenvalue weighted by molar-refractivity contribution is 0.658. The molecule has 5 aromatic rings. The molecule has 1 aliphatic heterocycles. The molecule has 2 aromatic carbocycles. The fourth-order valence-corrected chi connectivity index (χ4v) is 5.17. The van der Waals surface area contributed by atoms with Crippen LogP contribution in [0.3, 0.4) is 0 Å². The predicted octanol–water partition coefficient (Wildman–Crippen LogP) is 6.26. The molecule has 150 valence electrons. The van der Waals surface area contributed by atoms with Crippen molar-refractivity contribution < 1.29 is 0 Å². The molecular formula is C26H20N4S. The topological polar surface area (TPSA) is 43.6 Å². The maximum atomic E-state index is 4.98. The summed E-state index contributed by atoms with van der Waals surface area (Å²) in [5.41, 5.74) is 6.56. The minimum Gasteiger partial charge on any atom is -0.268 e. The monoisotopic (exact) mass is 420 g/mol. The van der Waals surface area contributed by atoms with Crippen LogP contribution >= 0.6 is 11.8 Å². The summed E-state index contributed by atoms with van der Waals surface area (Å²) in [6, 6.07) is 27.1. The summed E-state index contributed by atoms with van der Waals surface area (Å²) in [4.78, 5) is 10.8. The number of pyridine rings is 2. The maximum Gasteiger partial charge on any atom is 0.119 e. The van der Waals surface area contributed by atoms with Crippen LogP contribution in [0, 0.1) is 0 Å². The Morgan fingerprint density at radius 2 is 1.71 bits per heavy atom. The molecule has 0 radical (unpaired) electrons. The Kier molecular flexibility index (Phi) is 4.54. The van der Waals surface area contributed by atoms with Crippen LogP contribution in [0.5, 0.6) is 0 Å². The van der Waals surface area contributed by atoms with E-state index < -0.39 is 0 Å². The van der Waals surface area contributed by atoms with Crippen molar-refractivity contribution in [1.82, 2.24) is 19.7 Å². The minimum absolute atomic E-state index is 0.914. The predicted molar refractivity (Wildman–Crippen MR) is 125 cm³/mol. The summed E-state index contributed by atoms with van der Waals surface area (Å²) in [6.07, 6.45) is 4.00. The van der Waals surface area contributed by atoms with Crippen LogP contribution in [0.2, 0.25) is 0 Å². The Hall–Kier alpha value is -3.44. The van der Waals surface area contributed by atoms with Gasteiger partial charge >= 0.3 is 0 Å². The molecule has 0 amide bonds. The fraction of sp³-hybridized carbons (Fsp3) is 0.115. The molecule has 31 heavy (non-hydrogen) atoms. The normalized spacial score (nSPS) is 12.9. The maximum absolute atomic E-state index is 4.98. The summed E-state index contributed by atoms with van der Waals surface area (Å²) < 4.78 is 2.17. The van der Waals surface area contributed by atoms with Gasteiger partial charge in [-0.2, -0.15) is 5.10 Å². The van der Waals surface area contributed by atoms with E-state index in [0.717, 1.165) is 46.7 Å². The number of aryl methyl sites for hydroxylation is 1. The van der Waals surface area contributed by atoms with Crippen LogP contribution < -0.4 is 0 Å². The lowest BCUT2D eigenvalue weighted by Crippen LogP contribution is -1.94. The molecule has 0 N–H and O–H groups in total. The molecule has 4 nitrogen and oxygen atoms in total. The molecule has 6 rings (SSSR count). The van der Waals surface area contributed by atoms with Gasteiger partial charge in [-0.3, -0.25) is 9.67 Å². The van der Waals surface area contributed by atoms with Gasteiger partial charge in [-0.25, -0.2) is 4.98 Å². The Labute approximate surface area is 185 Å². The van der Waals surface area contributed by atoms with Crippen molar-refractivity contribution in [2.45, 2.75) is 29.3 Å². The minimum atomic E-state index is 0.914. The van der Waals surface area contributed by atoms with Crippen LogP contribution in [0.4, 0.5) is 0 Å². The van der Waals surface area contributed by atoms with Crippen molar-refractivity contribution in [1.29, 1.82) is 0 Å². The standard InChI is InChI=1S/C26H20N4S/c1-2-9-18(10-3-1)31-24-17-20(19-11-4-5-12-21(19)28-24)25-23-14-8-16-30(23)29-26(25)22-13-6-7-15-27-22/h1-7,9-13,15,17H,8,14,16H2. The average Bonchev–Trinajstić information content (AvgIpc) is 3.41. The summed E-state index contributed by atoms with van der Waals surface area (Å²) in [7, 11) is 0. The summed E-state index contributed by atoms with van der Waals surface area (Å²) in [5, 5.41) is 7.13. The number of hydrogen-bond acceptors (Lipinski definition) is 4. The smallest absolute Gasteiger partial charge is 0.119 e. The molecule has 5 heteroatoms. The van der Waals surface area contributed by atoms with Crippen molar-refractivity contribution in [3.63, 3.8) is 0 Å². The van der Waals surface area contributed by atoms with Gasteiger partial charge < -0.3 is 0 Å². The molecule has 0 saturated carbocycles. The first-order chi connectivity index (χ1) is 15.4. The molecule has 0 atom stereocenters. The van der Waals surface area contributed by atoms with Crippen LogP contribution in [-0.2, 0) is 13.0 Å². The molecule has 0 fully saturated rings. The third kappa shape index (κ3) is 3.31. The van der Waals surface area contributed by atoms with Crippen molar-refractivity contribution in [3.05, 3.63) is 90.8 Å². The van der Waals surface area contributed by atoms with Crippen molar-refractivity contribution >= 4 is 22.7 Å². The van der Waals surface area contributed by atoms with Crippen LogP contribution in [0.15, 0.2) is 95.0 Å². The van der Waals surface area contributed by atoms with Crippen molar-refractivity contribution in [2.75, 3.05) is 0 Å². The van der Waals surface area contributed by atoms with E-state index in [9.17, 15) is 0 Å². The Morgan fingerprint density at radius 1 is 0.871 bits per heavy atom. The molecule has 0 aliphatic carbocycles. The van der Waals surface area contributed by atoms with Gasteiger partial charge in [0.15, 0.2) is 0 Å². The highest BCUT2D eigenvalue weighted by molar-refractivity contribution is 7.99. The lowest BCUT2D eigenvalue weighted by Gasteiger charge is -2.11. The summed E-state index contributed by atoms with van der Waals surface area (Å²) in [6.45, 7) is 0.962. The second-order valence-corrected chi connectivity index (χ2v) is 8.75. The first kappa shape index (κ1) is 18.3. The van der Waals surface area contributed by atoms with Crippen LogP contribution in [-0.4, -0.2) is 19.7 Å². The van der Waals surface area contributed by atoms with E-state index in [0.29, 0.717) is 0 Å². The van der Waals surface area contributed by atoms with Crippen molar-refractivity contribution in [3.8, 4) is 22.5 Å².